The Morgan fingerprint density at radius 3 is 2.67 bits per heavy atom. The molecule has 3 heterocycles. The third-order valence-corrected chi connectivity index (χ3v) is 5.66. The standard InChI is InChI=1S/C19H30N4O4/c1-14-17(20-13-27-14)18(25)23-8-3-6-19(26,7-11-23)12-22-9-4-16(5-10-22)21-15(2)24/h13,16,26H,3-12H2,1-2H3,(H,21,24)/t19-/m1/s1. The van der Waals surface area contributed by atoms with Crippen LogP contribution in [0.25, 0.3) is 0 Å². The Balaban J connectivity index is 1.52. The lowest BCUT2D eigenvalue weighted by Gasteiger charge is -2.38. The third-order valence-electron chi connectivity index (χ3n) is 5.66. The second-order valence-electron chi connectivity index (χ2n) is 7.88. The molecular weight excluding hydrogens is 348 g/mol. The number of rotatable bonds is 4. The van der Waals surface area contributed by atoms with Gasteiger partial charge in [0.1, 0.15) is 5.76 Å². The summed E-state index contributed by atoms with van der Waals surface area (Å²) in [5.74, 6) is 0.422. The Morgan fingerprint density at radius 1 is 1.30 bits per heavy atom. The van der Waals surface area contributed by atoms with E-state index in [0.29, 0.717) is 43.9 Å². The van der Waals surface area contributed by atoms with E-state index < -0.39 is 5.60 Å². The van der Waals surface area contributed by atoms with Crippen molar-refractivity contribution in [2.24, 2.45) is 0 Å². The van der Waals surface area contributed by atoms with Gasteiger partial charge in [0, 0.05) is 45.7 Å². The van der Waals surface area contributed by atoms with Gasteiger partial charge in [0.15, 0.2) is 12.1 Å². The van der Waals surface area contributed by atoms with Gasteiger partial charge in [-0.2, -0.15) is 0 Å². The molecular formula is C19H30N4O4. The molecule has 0 radical (unpaired) electrons. The van der Waals surface area contributed by atoms with E-state index in [-0.39, 0.29) is 17.9 Å². The number of β-amino-alcohol motifs (C(OH)–C–C–N with tert-alkyl or cyclic N) is 1. The lowest BCUT2D eigenvalue weighted by atomic mass is 9.93. The smallest absolute Gasteiger partial charge is 0.276 e. The van der Waals surface area contributed by atoms with Crippen LogP contribution < -0.4 is 5.32 Å². The van der Waals surface area contributed by atoms with Crippen molar-refractivity contribution >= 4 is 11.8 Å². The van der Waals surface area contributed by atoms with Gasteiger partial charge < -0.3 is 24.6 Å². The number of likely N-dealkylation sites (tertiary alicyclic amines) is 2. The van der Waals surface area contributed by atoms with Gasteiger partial charge >= 0.3 is 0 Å². The van der Waals surface area contributed by atoms with Gasteiger partial charge in [0.05, 0.1) is 5.60 Å². The molecule has 3 rings (SSSR count). The van der Waals surface area contributed by atoms with Crippen molar-refractivity contribution < 1.29 is 19.1 Å². The average Bonchev–Trinajstić information content (AvgIpc) is 2.95. The van der Waals surface area contributed by atoms with Gasteiger partial charge in [-0.15, -0.1) is 0 Å². The molecule has 0 unspecified atom stereocenters. The Labute approximate surface area is 159 Å². The van der Waals surface area contributed by atoms with Crippen molar-refractivity contribution in [3.05, 3.63) is 17.8 Å². The molecule has 8 nitrogen and oxygen atoms in total. The Kier molecular flexibility index (Phi) is 6.16. The van der Waals surface area contributed by atoms with Crippen LogP contribution in [-0.2, 0) is 4.79 Å². The summed E-state index contributed by atoms with van der Waals surface area (Å²) in [6, 6.07) is 0.237. The predicted molar refractivity (Wildman–Crippen MR) is 99.2 cm³/mol. The maximum absolute atomic E-state index is 12.6. The van der Waals surface area contributed by atoms with Crippen LogP contribution in [0.15, 0.2) is 10.8 Å². The second kappa shape index (κ2) is 8.39. The molecule has 150 valence electrons. The summed E-state index contributed by atoms with van der Waals surface area (Å²) in [5.41, 5.74) is -0.421. The van der Waals surface area contributed by atoms with Crippen molar-refractivity contribution in [2.45, 2.75) is 57.6 Å². The monoisotopic (exact) mass is 378 g/mol. The van der Waals surface area contributed by atoms with E-state index in [9.17, 15) is 14.7 Å². The number of aryl methyl sites for hydroxylation is 1. The van der Waals surface area contributed by atoms with Crippen LogP contribution in [0.3, 0.4) is 0 Å². The summed E-state index contributed by atoms with van der Waals surface area (Å²) in [6.07, 6.45) is 5.11. The van der Waals surface area contributed by atoms with Crippen molar-refractivity contribution in [1.29, 1.82) is 0 Å². The van der Waals surface area contributed by atoms with E-state index in [4.69, 9.17) is 4.42 Å². The number of carbonyl (C=O) groups is 2. The lowest BCUT2D eigenvalue weighted by molar-refractivity contribution is -0.120. The number of carbonyl (C=O) groups excluding carboxylic acids is 2. The van der Waals surface area contributed by atoms with Gasteiger partial charge in [-0.25, -0.2) is 4.98 Å². The molecule has 0 aliphatic carbocycles. The minimum Gasteiger partial charge on any atom is -0.448 e. The first kappa shape index (κ1) is 19.8. The fourth-order valence-corrected chi connectivity index (χ4v) is 4.14. The highest BCUT2D eigenvalue weighted by molar-refractivity contribution is 5.93. The van der Waals surface area contributed by atoms with Crippen LogP contribution in [0.5, 0.6) is 0 Å². The number of hydrogen-bond donors (Lipinski definition) is 2. The van der Waals surface area contributed by atoms with Gasteiger partial charge in [-0.1, -0.05) is 0 Å². The second-order valence-corrected chi connectivity index (χ2v) is 7.88. The zero-order valence-corrected chi connectivity index (χ0v) is 16.2. The highest BCUT2D eigenvalue weighted by atomic mass is 16.3. The van der Waals surface area contributed by atoms with E-state index in [1.165, 1.54) is 6.39 Å². The van der Waals surface area contributed by atoms with Crippen LogP contribution in [0.4, 0.5) is 0 Å². The molecule has 2 saturated heterocycles. The molecule has 1 aromatic rings. The maximum atomic E-state index is 12.6. The van der Waals surface area contributed by atoms with Crippen LogP contribution in [0, 0.1) is 6.92 Å². The quantitative estimate of drug-likeness (QED) is 0.809. The molecule has 0 aromatic carbocycles. The number of nitrogens with one attached hydrogen (secondary N) is 1. The number of aromatic nitrogens is 1. The van der Waals surface area contributed by atoms with Crippen LogP contribution in [0.2, 0.25) is 0 Å². The van der Waals surface area contributed by atoms with Crippen molar-refractivity contribution in [3.63, 3.8) is 0 Å². The highest BCUT2D eigenvalue weighted by Gasteiger charge is 2.35. The summed E-state index contributed by atoms with van der Waals surface area (Å²) in [5, 5.41) is 14.1. The van der Waals surface area contributed by atoms with Crippen LogP contribution in [-0.4, -0.2) is 76.1 Å². The number of aliphatic hydroxyl groups is 1. The Bertz CT molecular complexity index is 668. The molecule has 0 bridgehead atoms. The zero-order chi connectivity index (χ0) is 19.4. The van der Waals surface area contributed by atoms with E-state index >= 15 is 0 Å². The number of amides is 2. The normalized spacial score (nSPS) is 25.2. The molecule has 2 aliphatic heterocycles. The average molecular weight is 378 g/mol. The fraction of sp³-hybridized carbons (Fsp3) is 0.737. The maximum Gasteiger partial charge on any atom is 0.276 e. The van der Waals surface area contributed by atoms with Gasteiger partial charge in [-0.05, 0) is 39.0 Å². The molecule has 2 aliphatic rings. The van der Waals surface area contributed by atoms with Crippen molar-refractivity contribution in [2.75, 3.05) is 32.7 Å². The number of hydrogen-bond acceptors (Lipinski definition) is 6. The molecule has 2 N–H and O–H groups in total. The fourth-order valence-electron chi connectivity index (χ4n) is 4.14. The molecule has 2 fully saturated rings. The van der Waals surface area contributed by atoms with Gasteiger partial charge in [0.25, 0.3) is 5.91 Å². The first-order valence-corrected chi connectivity index (χ1v) is 9.77. The predicted octanol–water partition coefficient (Wildman–Crippen LogP) is 0.941. The van der Waals surface area contributed by atoms with E-state index in [1.54, 1.807) is 18.7 Å². The lowest BCUT2D eigenvalue weighted by Crippen LogP contribution is -2.50. The molecule has 2 amide bonds. The van der Waals surface area contributed by atoms with Gasteiger partial charge in [0.2, 0.25) is 5.91 Å². The first-order valence-electron chi connectivity index (χ1n) is 9.77. The topological polar surface area (TPSA) is 98.9 Å². The summed E-state index contributed by atoms with van der Waals surface area (Å²) < 4.78 is 5.14. The molecule has 0 spiro atoms. The molecule has 1 atom stereocenters. The number of piperidine rings is 1. The molecule has 1 aromatic heterocycles. The summed E-state index contributed by atoms with van der Waals surface area (Å²) >= 11 is 0. The first-order chi connectivity index (χ1) is 12.9. The van der Waals surface area contributed by atoms with E-state index in [1.807, 2.05) is 0 Å². The van der Waals surface area contributed by atoms with Gasteiger partial charge in [-0.3, -0.25) is 9.59 Å². The number of nitrogens with zero attached hydrogens (tertiary/aromatic N) is 3. The van der Waals surface area contributed by atoms with Crippen molar-refractivity contribution in [3.8, 4) is 0 Å². The molecule has 8 heteroatoms. The summed E-state index contributed by atoms with van der Waals surface area (Å²) in [4.78, 5) is 31.9. The largest absolute Gasteiger partial charge is 0.448 e. The van der Waals surface area contributed by atoms with E-state index in [2.05, 4.69) is 15.2 Å². The SMILES string of the molecule is CC(=O)NC1CCN(C[C@@]2(O)CCCN(C(=O)c3ncoc3C)CC2)CC1. The minimum absolute atomic E-state index is 0.0166. The molecule has 0 saturated carbocycles. The van der Waals surface area contributed by atoms with Crippen LogP contribution in [0.1, 0.15) is 55.3 Å². The Hall–Kier alpha value is -1.93. The van der Waals surface area contributed by atoms with E-state index in [0.717, 1.165) is 32.4 Å². The zero-order valence-electron chi connectivity index (χ0n) is 16.2. The third kappa shape index (κ3) is 5.07. The molecule has 27 heavy (non-hydrogen) atoms. The summed E-state index contributed by atoms with van der Waals surface area (Å²) in [6.45, 7) is 6.78. The highest BCUT2D eigenvalue weighted by Crippen LogP contribution is 2.26. The van der Waals surface area contributed by atoms with Crippen molar-refractivity contribution in [1.82, 2.24) is 20.1 Å². The summed E-state index contributed by atoms with van der Waals surface area (Å²) in [7, 11) is 0. The number of oxazole rings is 1. The van der Waals surface area contributed by atoms with Crippen LogP contribution >= 0.6 is 0 Å². The Morgan fingerprint density at radius 2 is 2.04 bits per heavy atom. The minimum atomic E-state index is -0.783.